The Morgan fingerprint density at radius 2 is 2.16 bits per heavy atom. The zero-order valence-corrected chi connectivity index (χ0v) is 22.2. The third-order valence-electron chi connectivity index (χ3n) is 6.96. The summed E-state index contributed by atoms with van der Waals surface area (Å²) in [5.41, 5.74) is 1.04. The third kappa shape index (κ3) is 7.09. The maximum absolute atomic E-state index is 15.6. The number of pyridine rings is 2. The monoisotopic (exact) mass is 549 g/mol. The predicted molar refractivity (Wildman–Crippen MR) is 142 cm³/mol. The van der Waals surface area contributed by atoms with Crippen molar-refractivity contribution in [3.63, 3.8) is 0 Å². The molecular formula is C27H30ClF2N3O3S. The number of fused-ring (bicyclic) bond motifs is 1. The van der Waals surface area contributed by atoms with Gasteiger partial charge >= 0.3 is 5.97 Å². The first-order valence-electron chi connectivity index (χ1n) is 12.3. The van der Waals surface area contributed by atoms with Gasteiger partial charge in [0.25, 0.3) is 0 Å². The van der Waals surface area contributed by atoms with Crippen LogP contribution in [0.15, 0.2) is 47.8 Å². The maximum atomic E-state index is 15.6. The number of hydrogen-bond donors (Lipinski definition) is 1. The number of likely N-dealkylation sites (tertiary alicyclic amines) is 1. The van der Waals surface area contributed by atoms with E-state index in [9.17, 15) is 14.3 Å². The highest BCUT2D eigenvalue weighted by Crippen LogP contribution is 2.39. The quantitative estimate of drug-likeness (QED) is 0.276. The van der Waals surface area contributed by atoms with Gasteiger partial charge in [-0.3, -0.25) is 9.78 Å². The smallest absolute Gasteiger partial charge is 0.303 e. The zero-order valence-electron chi connectivity index (χ0n) is 20.6. The molecule has 3 atom stereocenters. The van der Waals surface area contributed by atoms with Crippen LogP contribution in [0.3, 0.4) is 0 Å². The van der Waals surface area contributed by atoms with Crippen LogP contribution >= 0.6 is 23.4 Å². The number of nitrogens with zero attached hydrogens (tertiary/aromatic N) is 3. The molecule has 37 heavy (non-hydrogen) atoms. The molecule has 6 nitrogen and oxygen atoms in total. The molecule has 2 aromatic heterocycles. The Kier molecular flexibility index (Phi) is 9.56. The molecule has 3 heterocycles. The molecule has 10 heteroatoms. The predicted octanol–water partition coefficient (Wildman–Crippen LogP) is 6.43. The maximum Gasteiger partial charge on any atom is 0.303 e. The summed E-state index contributed by atoms with van der Waals surface area (Å²) in [6, 6.07) is 8.25. The molecule has 0 amide bonds. The molecule has 0 radical (unpaired) electrons. The van der Waals surface area contributed by atoms with Crippen LogP contribution in [-0.2, 0) is 4.79 Å². The van der Waals surface area contributed by atoms with E-state index in [0.717, 1.165) is 13.0 Å². The first-order valence-corrected chi connectivity index (χ1v) is 13.7. The fourth-order valence-electron chi connectivity index (χ4n) is 5.06. The second-order valence-corrected chi connectivity index (χ2v) is 10.8. The molecule has 0 saturated carbocycles. The molecule has 1 aromatic carbocycles. The number of benzene rings is 1. The highest BCUT2D eigenvalue weighted by molar-refractivity contribution is 7.99. The van der Waals surface area contributed by atoms with Crippen molar-refractivity contribution < 1.29 is 23.4 Å². The molecule has 1 aliphatic heterocycles. The lowest BCUT2D eigenvalue weighted by Gasteiger charge is -2.38. The molecule has 198 valence electrons. The van der Waals surface area contributed by atoms with E-state index in [1.807, 2.05) is 0 Å². The molecule has 1 N–H and O–H groups in total. The summed E-state index contributed by atoms with van der Waals surface area (Å²) < 4.78 is 34.7. The SMILES string of the molecule is COc1ccc2ncc(Cl)c(C(F)CCC3CCN(CCSc4ncccc4F)CC3CC(=O)O)c2c1. The van der Waals surface area contributed by atoms with Gasteiger partial charge in [0.15, 0.2) is 5.82 Å². The Balaban J connectivity index is 1.38. The van der Waals surface area contributed by atoms with Crippen LogP contribution in [0.25, 0.3) is 10.9 Å². The summed E-state index contributed by atoms with van der Waals surface area (Å²) in [4.78, 5) is 22.2. The number of halogens is 3. The molecule has 0 spiro atoms. The molecule has 1 aliphatic rings. The van der Waals surface area contributed by atoms with Crippen molar-refractivity contribution in [2.45, 2.75) is 36.9 Å². The number of carboxylic acid groups (broad SMARTS) is 1. The van der Waals surface area contributed by atoms with Crippen molar-refractivity contribution in [3.05, 3.63) is 59.1 Å². The molecule has 0 aliphatic carbocycles. The van der Waals surface area contributed by atoms with Crippen LogP contribution in [-0.4, -0.2) is 58.4 Å². The number of carbonyl (C=O) groups is 1. The minimum atomic E-state index is -1.31. The Morgan fingerprint density at radius 1 is 1.32 bits per heavy atom. The topological polar surface area (TPSA) is 75.5 Å². The third-order valence-corrected chi connectivity index (χ3v) is 8.22. The van der Waals surface area contributed by atoms with Gasteiger partial charge in [-0.1, -0.05) is 11.6 Å². The van der Waals surface area contributed by atoms with Gasteiger partial charge in [-0.15, -0.1) is 11.8 Å². The average Bonchev–Trinajstić information content (AvgIpc) is 2.88. The number of ether oxygens (including phenoxy) is 1. The Bertz CT molecular complexity index is 1230. The number of piperidine rings is 1. The minimum Gasteiger partial charge on any atom is -0.497 e. The van der Waals surface area contributed by atoms with Gasteiger partial charge in [0.05, 0.1) is 17.6 Å². The van der Waals surface area contributed by atoms with Gasteiger partial charge in [-0.2, -0.15) is 0 Å². The van der Waals surface area contributed by atoms with E-state index in [-0.39, 0.29) is 35.5 Å². The van der Waals surface area contributed by atoms with E-state index >= 15 is 4.39 Å². The Hall–Kier alpha value is -2.49. The van der Waals surface area contributed by atoms with E-state index in [2.05, 4.69) is 14.9 Å². The minimum absolute atomic E-state index is 0.0380. The molecule has 3 unspecified atom stereocenters. The van der Waals surface area contributed by atoms with E-state index in [0.29, 0.717) is 52.5 Å². The summed E-state index contributed by atoms with van der Waals surface area (Å²) in [6.45, 7) is 2.12. The van der Waals surface area contributed by atoms with Crippen molar-refractivity contribution in [2.75, 3.05) is 32.5 Å². The fraction of sp³-hybridized carbons (Fsp3) is 0.444. The standard InChI is InChI=1S/C27H30ClF2N3O3S/c1-36-19-5-7-24-20(14-19)26(21(28)15-32-24)22(29)6-4-17-8-10-33(16-18(17)13-25(34)35)11-12-37-27-23(30)3-2-9-31-27/h2-3,5,7,9,14-15,17-18,22H,4,6,8,10-13,16H2,1H3,(H,34,35). The molecule has 3 aromatic rings. The molecule has 1 fully saturated rings. The lowest BCUT2D eigenvalue weighted by Crippen LogP contribution is -2.42. The summed E-state index contributed by atoms with van der Waals surface area (Å²) in [6.07, 6.45) is 3.35. The highest BCUT2D eigenvalue weighted by atomic mass is 35.5. The van der Waals surface area contributed by atoms with Gasteiger partial charge in [-0.05, 0) is 68.0 Å². The largest absolute Gasteiger partial charge is 0.497 e. The molecule has 0 bridgehead atoms. The van der Waals surface area contributed by atoms with Crippen molar-refractivity contribution in [1.29, 1.82) is 0 Å². The average molecular weight is 550 g/mol. The molecular weight excluding hydrogens is 520 g/mol. The van der Waals surface area contributed by atoms with Crippen molar-refractivity contribution in [2.24, 2.45) is 11.8 Å². The number of aliphatic carboxylic acids is 1. The van der Waals surface area contributed by atoms with Crippen LogP contribution in [0.5, 0.6) is 5.75 Å². The van der Waals surface area contributed by atoms with Crippen LogP contribution in [0, 0.1) is 17.7 Å². The van der Waals surface area contributed by atoms with Gasteiger partial charge < -0.3 is 14.7 Å². The summed E-state index contributed by atoms with van der Waals surface area (Å²) in [5, 5.41) is 10.8. The lowest BCUT2D eigenvalue weighted by atomic mass is 9.79. The number of aromatic nitrogens is 2. The first-order chi connectivity index (χ1) is 17.9. The molecule has 1 saturated heterocycles. The van der Waals surface area contributed by atoms with Gasteiger partial charge in [0, 0.05) is 48.6 Å². The van der Waals surface area contributed by atoms with Crippen molar-refractivity contribution in [3.8, 4) is 5.75 Å². The van der Waals surface area contributed by atoms with Gasteiger partial charge in [0.1, 0.15) is 16.9 Å². The fourth-order valence-corrected chi connectivity index (χ4v) is 6.21. The van der Waals surface area contributed by atoms with Crippen LogP contribution in [0.2, 0.25) is 5.02 Å². The van der Waals surface area contributed by atoms with Crippen LogP contribution in [0.1, 0.15) is 37.4 Å². The number of rotatable bonds is 11. The lowest BCUT2D eigenvalue weighted by molar-refractivity contribution is -0.139. The summed E-state index contributed by atoms with van der Waals surface area (Å²) in [7, 11) is 1.55. The zero-order chi connectivity index (χ0) is 26.4. The second-order valence-electron chi connectivity index (χ2n) is 9.29. The van der Waals surface area contributed by atoms with Crippen LogP contribution in [0.4, 0.5) is 8.78 Å². The number of methoxy groups -OCH3 is 1. The van der Waals surface area contributed by atoms with E-state index in [1.54, 1.807) is 37.6 Å². The number of alkyl halides is 1. The van der Waals surface area contributed by atoms with E-state index < -0.39 is 12.1 Å². The first kappa shape index (κ1) is 27.5. The number of hydrogen-bond acceptors (Lipinski definition) is 6. The van der Waals surface area contributed by atoms with Gasteiger partial charge in [-0.25, -0.2) is 13.8 Å². The second kappa shape index (κ2) is 12.8. The summed E-state index contributed by atoms with van der Waals surface area (Å²) in [5.74, 6) is 0.0721. The van der Waals surface area contributed by atoms with E-state index in [4.69, 9.17) is 16.3 Å². The summed E-state index contributed by atoms with van der Waals surface area (Å²) >= 11 is 7.73. The Morgan fingerprint density at radius 3 is 2.92 bits per heavy atom. The van der Waals surface area contributed by atoms with Gasteiger partial charge in [0.2, 0.25) is 0 Å². The number of carboxylic acids is 1. The highest BCUT2D eigenvalue weighted by Gasteiger charge is 2.31. The van der Waals surface area contributed by atoms with Crippen LogP contribution < -0.4 is 4.74 Å². The van der Waals surface area contributed by atoms with Crippen molar-refractivity contribution in [1.82, 2.24) is 14.9 Å². The molecule has 4 rings (SSSR count). The number of thioether (sulfide) groups is 1. The van der Waals surface area contributed by atoms with Crippen molar-refractivity contribution >= 4 is 40.2 Å². The Labute approximate surface area is 224 Å². The normalized spacial score (nSPS) is 19.1. The van der Waals surface area contributed by atoms with E-state index in [1.165, 1.54) is 24.0 Å².